The molecular weight excluding hydrogens is 400 g/mol. The van der Waals surface area contributed by atoms with Gasteiger partial charge in [-0.2, -0.15) is 0 Å². The van der Waals surface area contributed by atoms with Crippen molar-refractivity contribution in [1.82, 2.24) is 14.9 Å². The maximum atomic E-state index is 12.9. The van der Waals surface area contributed by atoms with Crippen LogP contribution in [0.3, 0.4) is 0 Å². The monoisotopic (exact) mass is 424 g/mol. The Morgan fingerprint density at radius 2 is 1.87 bits per heavy atom. The summed E-state index contributed by atoms with van der Waals surface area (Å²) in [5.74, 6) is -0.240. The molecule has 0 bridgehead atoms. The van der Waals surface area contributed by atoms with E-state index >= 15 is 0 Å². The molecule has 0 saturated heterocycles. The molecular formula is C22H24N4O3S. The van der Waals surface area contributed by atoms with Crippen molar-refractivity contribution in [2.75, 3.05) is 17.6 Å². The van der Waals surface area contributed by atoms with E-state index in [1.54, 1.807) is 18.2 Å². The molecule has 0 atom stereocenters. The number of rotatable bonds is 7. The number of benzene rings is 2. The lowest BCUT2D eigenvalue weighted by atomic mass is 10.1. The molecule has 0 unspecified atom stereocenters. The van der Waals surface area contributed by atoms with Gasteiger partial charge in [-0.15, -0.1) is 0 Å². The minimum absolute atomic E-state index is 0.109. The zero-order chi connectivity index (χ0) is 21.7. The number of aryl methyl sites for hydroxylation is 2. The first-order chi connectivity index (χ1) is 14.3. The summed E-state index contributed by atoms with van der Waals surface area (Å²) in [7, 11) is 0. The zero-order valence-corrected chi connectivity index (χ0v) is 18.0. The number of carbonyl (C=O) groups excluding carboxylic acids is 2. The summed E-state index contributed by atoms with van der Waals surface area (Å²) in [6.07, 6.45) is 0. The molecule has 0 radical (unpaired) electrons. The molecule has 8 heteroatoms. The predicted octanol–water partition coefficient (Wildman–Crippen LogP) is 2.88. The molecule has 2 N–H and O–H groups in total. The predicted molar refractivity (Wildman–Crippen MR) is 120 cm³/mol. The van der Waals surface area contributed by atoms with Crippen molar-refractivity contribution >= 4 is 40.2 Å². The average molecular weight is 425 g/mol. The molecule has 0 aliphatic carbocycles. The number of thioether (sulfide) groups is 1. The lowest BCUT2D eigenvalue weighted by molar-refractivity contribution is -0.119. The summed E-state index contributed by atoms with van der Waals surface area (Å²) in [5, 5.41) is 6.51. The number of aromatic nitrogens is 2. The minimum atomic E-state index is -0.192. The fourth-order valence-corrected chi connectivity index (χ4v) is 3.77. The fourth-order valence-electron chi connectivity index (χ4n) is 2.95. The van der Waals surface area contributed by atoms with Gasteiger partial charge in [0.1, 0.15) is 0 Å². The van der Waals surface area contributed by atoms with E-state index in [-0.39, 0.29) is 29.7 Å². The highest BCUT2D eigenvalue weighted by atomic mass is 32.2. The smallest absolute Gasteiger partial charge is 0.262 e. The molecule has 156 valence electrons. The fraction of sp³-hybridized carbons (Fsp3) is 0.273. The quantitative estimate of drug-likeness (QED) is 0.449. The first-order valence-corrected chi connectivity index (χ1v) is 10.6. The number of fused-ring (bicyclic) bond motifs is 1. The van der Waals surface area contributed by atoms with Crippen LogP contribution in [-0.4, -0.2) is 33.7 Å². The normalized spacial score (nSPS) is 10.8. The molecule has 3 rings (SSSR count). The van der Waals surface area contributed by atoms with Crippen LogP contribution in [0.2, 0.25) is 0 Å². The number of amides is 2. The second-order valence-corrected chi connectivity index (χ2v) is 7.93. The number of hydrogen-bond donors (Lipinski definition) is 2. The summed E-state index contributed by atoms with van der Waals surface area (Å²) >= 11 is 1.20. The highest BCUT2D eigenvalue weighted by Gasteiger charge is 2.13. The number of nitrogens with one attached hydrogen (secondary N) is 2. The molecule has 0 aliphatic rings. The van der Waals surface area contributed by atoms with Crippen molar-refractivity contribution in [3.05, 3.63) is 63.9 Å². The van der Waals surface area contributed by atoms with Gasteiger partial charge in [0.15, 0.2) is 5.16 Å². The van der Waals surface area contributed by atoms with E-state index in [9.17, 15) is 14.4 Å². The largest absolute Gasteiger partial charge is 0.355 e. The molecule has 0 aliphatic heterocycles. The Morgan fingerprint density at radius 1 is 1.10 bits per heavy atom. The van der Waals surface area contributed by atoms with E-state index in [0.717, 1.165) is 16.8 Å². The third-order valence-corrected chi connectivity index (χ3v) is 5.64. The summed E-state index contributed by atoms with van der Waals surface area (Å²) < 4.78 is 1.51. The zero-order valence-electron chi connectivity index (χ0n) is 17.2. The van der Waals surface area contributed by atoms with Crippen molar-refractivity contribution < 1.29 is 9.59 Å². The average Bonchev–Trinajstić information content (AvgIpc) is 2.71. The summed E-state index contributed by atoms with van der Waals surface area (Å²) in [6, 6.07) is 12.8. The van der Waals surface area contributed by atoms with Crippen LogP contribution in [0.15, 0.2) is 52.4 Å². The maximum absolute atomic E-state index is 12.9. The van der Waals surface area contributed by atoms with Gasteiger partial charge >= 0.3 is 0 Å². The molecule has 1 heterocycles. The molecule has 0 fully saturated rings. The number of anilines is 1. The van der Waals surface area contributed by atoms with Gasteiger partial charge in [-0.3, -0.25) is 19.0 Å². The van der Waals surface area contributed by atoms with E-state index in [4.69, 9.17) is 0 Å². The molecule has 1 aromatic heterocycles. The van der Waals surface area contributed by atoms with Gasteiger partial charge < -0.3 is 10.6 Å². The summed E-state index contributed by atoms with van der Waals surface area (Å²) in [4.78, 5) is 41.1. The number of nitrogens with zero attached hydrogens (tertiary/aromatic N) is 2. The van der Waals surface area contributed by atoms with E-state index in [1.807, 2.05) is 38.1 Å². The first-order valence-electron chi connectivity index (χ1n) is 9.59. The van der Waals surface area contributed by atoms with Crippen molar-refractivity contribution in [2.24, 2.45) is 0 Å². The van der Waals surface area contributed by atoms with Gasteiger partial charge in [-0.25, -0.2) is 4.98 Å². The van der Waals surface area contributed by atoms with Crippen LogP contribution in [0.25, 0.3) is 10.9 Å². The van der Waals surface area contributed by atoms with Crippen molar-refractivity contribution in [2.45, 2.75) is 32.5 Å². The third kappa shape index (κ3) is 5.27. The van der Waals surface area contributed by atoms with Crippen LogP contribution in [-0.2, 0) is 16.1 Å². The van der Waals surface area contributed by atoms with Gasteiger partial charge in [0.2, 0.25) is 11.8 Å². The lowest BCUT2D eigenvalue weighted by Gasteiger charge is -2.13. The Labute approximate surface area is 178 Å². The molecule has 0 saturated carbocycles. The molecule has 30 heavy (non-hydrogen) atoms. The third-order valence-electron chi connectivity index (χ3n) is 4.66. The van der Waals surface area contributed by atoms with Crippen molar-refractivity contribution in [3.8, 4) is 0 Å². The molecule has 7 nitrogen and oxygen atoms in total. The highest BCUT2D eigenvalue weighted by molar-refractivity contribution is 7.99. The van der Waals surface area contributed by atoms with Crippen LogP contribution in [0.4, 0.5) is 5.69 Å². The van der Waals surface area contributed by atoms with Gasteiger partial charge in [-0.05, 0) is 49.2 Å². The van der Waals surface area contributed by atoms with E-state index < -0.39 is 0 Å². The minimum Gasteiger partial charge on any atom is -0.355 e. The topological polar surface area (TPSA) is 93.1 Å². The summed E-state index contributed by atoms with van der Waals surface area (Å²) in [6.45, 7) is 6.01. The molecule has 0 spiro atoms. The van der Waals surface area contributed by atoms with E-state index in [0.29, 0.717) is 22.6 Å². The van der Waals surface area contributed by atoms with Crippen LogP contribution >= 0.6 is 11.8 Å². The Kier molecular flexibility index (Phi) is 6.89. The second kappa shape index (κ2) is 9.58. The van der Waals surface area contributed by atoms with E-state index in [1.165, 1.54) is 23.3 Å². The SMILES string of the molecule is CC(=O)NCCn1c(SCC(=O)Nc2ccc(C)c(C)c2)nc2ccccc2c1=O. The maximum Gasteiger partial charge on any atom is 0.262 e. The van der Waals surface area contributed by atoms with Gasteiger partial charge in [0.25, 0.3) is 5.56 Å². The highest BCUT2D eigenvalue weighted by Crippen LogP contribution is 2.19. The van der Waals surface area contributed by atoms with Crippen LogP contribution in [0.5, 0.6) is 0 Å². The van der Waals surface area contributed by atoms with Crippen LogP contribution in [0.1, 0.15) is 18.1 Å². The lowest BCUT2D eigenvalue weighted by Crippen LogP contribution is -2.31. The Morgan fingerprint density at radius 3 is 2.60 bits per heavy atom. The molecule has 2 amide bonds. The summed E-state index contributed by atoms with van der Waals surface area (Å²) in [5.41, 5.74) is 3.38. The Hall–Kier alpha value is -3.13. The van der Waals surface area contributed by atoms with Crippen LogP contribution < -0.4 is 16.2 Å². The first kappa shape index (κ1) is 21.6. The second-order valence-electron chi connectivity index (χ2n) is 6.99. The Bertz CT molecular complexity index is 1160. The van der Waals surface area contributed by atoms with Crippen LogP contribution in [0, 0.1) is 13.8 Å². The molecule has 2 aromatic carbocycles. The van der Waals surface area contributed by atoms with Crippen molar-refractivity contribution in [3.63, 3.8) is 0 Å². The van der Waals surface area contributed by atoms with Crippen molar-refractivity contribution in [1.29, 1.82) is 0 Å². The van der Waals surface area contributed by atoms with Gasteiger partial charge in [0, 0.05) is 25.7 Å². The standard InChI is InChI=1S/C22H24N4O3S/c1-14-8-9-17(12-15(14)2)24-20(28)13-30-22-25-19-7-5-4-6-18(19)21(29)26(22)11-10-23-16(3)27/h4-9,12H,10-11,13H2,1-3H3,(H,23,27)(H,24,28). The number of carbonyl (C=O) groups is 2. The number of para-hydroxylation sites is 1. The molecule has 3 aromatic rings. The van der Waals surface area contributed by atoms with Gasteiger partial charge in [0.05, 0.1) is 16.7 Å². The Balaban J connectivity index is 1.79. The van der Waals surface area contributed by atoms with E-state index in [2.05, 4.69) is 15.6 Å². The van der Waals surface area contributed by atoms with Gasteiger partial charge in [-0.1, -0.05) is 30.0 Å². The number of hydrogen-bond acceptors (Lipinski definition) is 5.